The lowest BCUT2D eigenvalue weighted by atomic mass is 9.91. The van der Waals surface area contributed by atoms with Crippen molar-refractivity contribution in [3.8, 4) is 0 Å². The Kier molecular flexibility index (Phi) is 9.69. The van der Waals surface area contributed by atoms with Gasteiger partial charge in [0.25, 0.3) is 0 Å². The number of carbonyl (C=O) groups excluding carboxylic acids is 1. The largest absolute Gasteiger partial charge is 0.480 e. The monoisotopic (exact) mass is 459 g/mol. The molecule has 1 aromatic rings. The van der Waals surface area contributed by atoms with Crippen LogP contribution in [0, 0.1) is 5.92 Å². The van der Waals surface area contributed by atoms with Crippen LogP contribution in [0.2, 0.25) is 0 Å². The highest BCUT2D eigenvalue weighted by Crippen LogP contribution is 2.27. The maximum absolute atomic E-state index is 13.2. The molecule has 2 saturated heterocycles. The lowest BCUT2D eigenvalue weighted by molar-refractivity contribution is -0.146. The maximum Gasteiger partial charge on any atom is 0.323 e. The van der Waals surface area contributed by atoms with E-state index in [0.29, 0.717) is 31.7 Å². The lowest BCUT2D eigenvalue weighted by Crippen LogP contribution is -2.52. The van der Waals surface area contributed by atoms with Crippen molar-refractivity contribution in [3.63, 3.8) is 0 Å². The zero-order chi connectivity index (χ0) is 23.6. The second kappa shape index (κ2) is 12.7. The molecule has 0 aromatic heterocycles. The number of hydrogen-bond donors (Lipinski definition) is 4. The van der Waals surface area contributed by atoms with E-state index in [-0.39, 0.29) is 18.4 Å². The van der Waals surface area contributed by atoms with Gasteiger partial charge in [-0.3, -0.25) is 19.7 Å². The summed E-state index contributed by atoms with van der Waals surface area (Å²) < 4.78 is 0. The van der Waals surface area contributed by atoms with Crippen LogP contribution in [0.1, 0.15) is 62.8 Å². The summed E-state index contributed by atoms with van der Waals surface area (Å²) in [4.78, 5) is 37.8. The third kappa shape index (κ3) is 7.82. The van der Waals surface area contributed by atoms with Crippen molar-refractivity contribution in [2.75, 3.05) is 26.2 Å². The fourth-order valence-corrected chi connectivity index (χ4v) is 5.09. The fourth-order valence-electron chi connectivity index (χ4n) is 5.09. The van der Waals surface area contributed by atoms with Crippen LogP contribution in [0.5, 0.6) is 0 Å². The number of carboxylic acid groups (broad SMARTS) is 2. The summed E-state index contributed by atoms with van der Waals surface area (Å²) in [7, 11) is 0. The van der Waals surface area contributed by atoms with Gasteiger partial charge in [0, 0.05) is 12.5 Å². The smallest absolute Gasteiger partial charge is 0.323 e. The molecule has 0 aliphatic carbocycles. The van der Waals surface area contributed by atoms with Gasteiger partial charge >= 0.3 is 11.9 Å². The number of benzene rings is 1. The highest BCUT2D eigenvalue weighted by atomic mass is 16.4. The molecule has 8 nitrogen and oxygen atoms in total. The minimum atomic E-state index is -1.07. The zero-order valence-corrected chi connectivity index (χ0v) is 19.2. The molecular weight excluding hydrogens is 422 g/mol. The molecule has 0 bridgehead atoms. The van der Waals surface area contributed by atoms with Crippen molar-refractivity contribution < 1.29 is 24.6 Å². The second-order valence-corrected chi connectivity index (χ2v) is 9.39. The van der Waals surface area contributed by atoms with Crippen LogP contribution in [-0.2, 0) is 14.4 Å². The van der Waals surface area contributed by atoms with Gasteiger partial charge in [-0.25, -0.2) is 0 Å². The molecule has 3 rings (SSSR count). The number of nitrogens with one attached hydrogen (secondary N) is 2. The molecule has 0 saturated carbocycles. The topological polar surface area (TPSA) is 119 Å². The number of rotatable bonds is 11. The van der Waals surface area contributed by atoms with Gasteiger partial charge in [-0.1, -0.05) is 49.6 Å². The van der Waals surface area contributed by atoms with E-state index in [2.05, 4.69) is 10.6 Å². The Morgan fingerprint density at radius 3 is 2.45 bits per heavy atom. The number of carbonyl (C=O) groups is 3. The Hall–Kier alpha value is -2.45. The summed E-state index contributed by atoms with van der Waals surface area (Å²) in [5.74, 6) is -1.61. The third-order valence-electron chi connectivity index (χ3n) is 6.97. The zero-order valence-electron chi connectivity index (χ0n) is 19.2. The quantitative estimate of drug-likeness (QED) is 0.375. The van der Waals surface area contributed by atoms with Crippen molar-refractivity contribution in [2.24, 2.45) is 5.92 Å². The van der Waals surface area contributed by atoms with Gasteiger partial charge < -0.3 is 20.4 Å². The first-order chi connectivity index (χ1) is 15.9. The first kappa shape index (κ1) is 25.2. The molecule has 3 unspecified atom stereocenters. The molecule has 2 fully saturated rings. The fraction of sp³-hybridized carbons (Fsp3) is 0.640. The van der Waals surface area contributed by atoms with Crippen LogP contribution in [0.25, 0.3) is 0 Å². The number of hydrogen-bond acceptors (Lipinski definition) is 5. The Morgan fingerprint density at radius 1 is 1.06 bits per heavy atom. The predicted molar refractivity (Wildman–Crippen MR) is 125 cm³/mol. The van der Waals surface area contributed by atoms with Crippen molar-refractivity contribution in [1.29, 1.82) is 0 Å². The van der Waals surface area contributed by atoms with Gasteiger partial charge in [0.05, 0.1) is 6.04 Å². The molecule has 0 spiro atoms. The van der Waals surface area contributed by atoms with E-state index in [4.69, 9.17) is 0 Å². The van der Waals surface area contributed by atoms with Crippen LogP contribution < -0.4 is 10.6 Å². The lowest BCUT2D eigenvalue weighted by Gasteiger charge is -2.27. The number of nitrogens with zero attached hydrogens (tertiary/aromatic N) is 1. The van der Waals surface area contributed by atoms with Crippen LogP contribution in [0.15, 0.2) is 30.3 Å². The molecule has 2 aliphatic heterocycles. The summed E-state index contributed by atoms with van der Waals surface area (Å²) in [5.41, 5.74) is 1.06. The highest BCUT2D eigenvalue weighted by Gasteiger charge is 2.35. The molecular formula is C25H37N3O5. The molecule has 182 valence electrons. The number of amides is 1. The SMILES string of the molecule is O=C(O)CN1CC(c2ccccc2)CCC(NC(CCCCC2CCNCC2)C(=O)O)C1=O. The summed E-state index contributed by atoms with van der Waals surface area (Å²) in [5, 5.41) is 25.5. The minimum Gasteiger partial charge on any atom is -0.480 e. The van der Waals surface area contributed by atoms with Gasteiger partial charge in [-0.15, -0.1) is 0 Å². The van der Waals surface area contributed by atoms with Crippen molar-refractivity contribution in [3.05, 3.63) is 35.9 Å². The summed E-state index contributed by atoms with van der Waals surface area (Å²) in [6.45, 7) is 2.06. The van der Waals surface area contributed by atoms with Crippen molar-refractivity contribution in [2.45, 2.75) is 69.4 Å². The van der Waals surface area contributed by atoms with Crippen molar-refractivity contribution in [1.82, 2.24) is 15.5 Å². The van der Waals surface area contributed by atoms with Crippen LogP contribution in [0.4, 0.5) is 0 Å². The number of piperidine rings is 1. The van der Waals surface area contributed by atoms with E-state index in [1.165, 1.54) is 17.7 Å². The Labute approximate surface area is 195 Å². The van der Waals surface area contributed by atoms with Gasteiger partial charge in [0.2, 0.25) is 5.91 Å². The number of aliphatic carboxylic acids is 2. The Bertz CT molecular complexity index is 782. The summed E-state index contributed by atoms with van der Waals surface area (Å²) in [6, 6.07) is 8.27. The second-order valence-electron chi connectivity index (χ2n) is 9.39. The van der Waals surface area contributed by atoms with Gasteiger partial charge in [0.15, 0.2) is 0 Å². The summed E-state index contributed by atoms with van der Waals surface area (Å²) >= 11 is 0. The summed E-state index contributed by atoms with van der Waals surface area (Å²) in [6.07, 6.45) is 6.88. The average Bonchev–Trinajstić information content (AvgIpc) is 2.96. The third-order valence-corrected chi connectivity index (χ3v) is 6.97. The average molecular weight is 460 g/mol. The molecule has 2 aliphatic rings. The highest BCUT2D eigenvalue weighted by molar-refractivity contribution is 5.86. The molecule has 8 heteroatoms. The standard InChI is InChI=1S/C25H37N3O5/c29-23(30)17-28-16-20(19-7-2-1-3-8-19)10-11-21(24(28)31)27-22(25(32)33)9-5-4-6-18-12-14-26-15-13-18/h1-3,7-8,18,20-22,26-27H,4-6,9-17H2,(H,29,30)(H,32,33). The minimum absolute atomic E-state index is 0.0227. The molecule has 0 radical (unpaired) electrons. The molecule has 33 heavy (non-hydrogen) atoms. The Balaban J connectivity index is 1.60. The molecule has 1 aromatic carbocycles. The van der Waals surface area contributed by atoms with Crippen molar-refractivity contribution >= 4 is 17.8 Å². The van der Waals surface area contributed by atoms with E-state index >= 15 is 0 Å². The molecule has 3 atom stereocenters. The normalized spacial score (nSPS) is 23.2. The molecule has 2 heterocycles. The number of carboxylic acids is 2. The first-order valence-electron chi connectivity index (χ1n) is 12.2. The first-order valence-corrected chi connectivity index (χ1v) is 12.2. The number of likely N-dealkylation sites (tertiary alicyclic amines) is 1. The van der Waals surface area contributed by atoms with E-state index in [1.807, 2.05) is 30.3 Å². The van der Waals surface area contributed by atoms with Gasteiger partial charge in [-0.05, 0) is 56.7 Å². The van der Waals surface area contributed by atoms with Gasteiger partial charge in [0.1, 0.15) is 12.6 Å². The molecule has 1 amide bonds. The van der Waals surface area contributed by atoms with E-state index in [0.717, 1.165) is 37.9 Å². The Morgan fingerprint density at radius 2 is 1.79 bits per heavy atom. The number of unbranched alkanes of at least 4 members (excludes halogenated alkanes) is 1. The maximum atomic E-state index is 13.2. The van der Waals surface area contributed by atoms with E-state index in [1.54, 1.807) is 0 Å². The van der Waals surface area contributed by atoms with E-state index in [9.17, 15) is 24.6 Å². The van der Waals surface area contributed by atoms with Crippen LogP contribution >= 0.6 is 0 Å². The van der Waals surface area contributed by atoms with Crippen LogP contribution in [-0.4, -0.2) is 71.2 Å². The van der Waals surface area contributed by atoms with Crippen LogP contribution in [0.3, 0.4) is 0 Å². The predicted octanol–water partition coefficient (Wildman–Crippen LogP) is 2.45. The van der Waals surface area contributed by atoms with E-state index < -0.39 is 24.0 Å². The van der Waals surface area contributed by atoms with Gasteiger partial charge in [-0.2, -0.15) is 0 Å². The molecule has 4 N–H and O–H groups in total.